The average Bonchev–Trinajstić information content (AvgIpc) is 2.14. The molecule has 0 aliphatic carbocycles. The Kier molecular flexibility index (Phi) is 7.00. The Balaban J connectivity index is 4.01. The number of aliphatic hydroxyl groups is 1. The summed E-state index contributed by atoms with van der Waals surface area (Å²) in [5.41, 5.74) is 0. The first-order valence-electron chi connectivity index (χ1n) is 6.33. The molecule has 0 fully saturated rings. The summed E-state index contributed by atoms with van der Waals surface area (Å²) in [4.78, 5) is 0. The van der Waals surface area contributed by atoms with E-state index in [1.807, 2.05) is 6.92 Å². The van der Waals surface area contributed by atoms with E-state index in [0.29, 0.717) is 0 Å². The van der Waals surface area contributed by atoms with E-state index in [9.17, 15) is 5.11 Å². The molecular weight excluding hydrogens is 216 g/mol. The molecule has 0 amide bonds. The Bertz CT molecular complexity index is 208. The van der Waals surface area contributed by atoms with Gasteiger partial charge in [0.1, 0.15) is 0 Å². The Morgan fingerprint density at radius 1 is 1.31 bits per heavy atom. The van der Waals surface area contributed by atoms with Gasteiger partial charge in [0, 0.05) is 5.92 Å². The lowest BCUT2D eigenvalue weighted by Crippen LogP contribution is -2.29. The van der Waals surface area contributed by atoms with Crippen molar-refractivity contribution in [2.75, 3.05) is 0 Å². The van der Waals surface area contributed by atoms with E-state index < -0.39 is 8.32 Å². The minimum atomic E-state index is -1.58. The minimum absolute atomic E-state index is 0.0450. The van der Waals surface area contributed by atoms with Gasteiger partial charge in [-0.15, -0.1) is 0 Å². The fourth-order valence-corrected chi connectivity index (χ4v) is 2.53. The predicted octanol–water partition coefficient (Wildman–Crippen LogP) is 3.93. The fraction of sp³-hybridized carbons (Fsp3) is 0.846. The van der Waals surface area contributed by atoms with E-state index in [0.717, 1.165) is 18.6 Å². The highest BCUT2D eigenvalue weighted by molar-refractivity contribution is 6.70. The first kappa shape index (κ1) is 15.7. The molecule has 0 radical (unpaired) electrons. The van der Waals surface area contributed by atoms with Crippen molar-refractivity contribution in [1.29, 1.82) is 0 Å². The first-order valence-corrected chi connectivity index (χ1v) is 9.74. The second kappa shape index (κ2) is 7.12. The van der Waals surface area contributed by atoms with E-state index in [4.69, 9.17) is 4.43 Å². The zero-order chi connectivity index (χ0) is 12.8. The van der Waals surface area contributed by atoms with Gasteiger partial charge in [-0.05, 0) is 26.1 Å². The summed E-state index contributed by atoms with van der Waals surface area (Å²) in [5, 5.41) is 9.99. The van der Waals surface area contributed by atoms with Gasteiger partial charge in [-0.3, -0.25) is 0 Å². The van der Waals surface area contributed by atoms with Gasteiger partial charge in [0.2, 0.25) is 8.32 Å². The van der Waals surface area contributed by atoms with Crippen LogP contribution in [0.2, 0.25) is 19.6 Å². The number of rotatable bonds is 8. The smallest absolute Gasteiger partial charge is 0.241 e. The van der Waals surface area contributed by atoms with E-state index in [-0.39, 0.29) is 12.0 Å². The molecule has 0 aromatic heterocycles. The van der Waals surface area contributed by atoms with Crippen LogP contribution >= 0.6 is 0 Å². The largest absolute Gasteiger partial charge is 0.547 e. The number of aliphatic hydroxyl groups excluding tert-OH is 1. The highest BCUT2D eigenvalue weighted by Gasteiger charge is 2.23. The normalized spacial score (nSPS) is 15.6. The monoisotopic (exact) mass is 244 g/mol. The summed E-state index contributed by atoms with van der Waals surface area (Å²) >= 11 is 0. The molecule has 0 aromatic carbocycles. The fourth-order valence-electron chi connectivity index (χ4n) is 1.55. The van der Waals surface area contributed by atoms with Crippen molar-refractivity contribution in [3.8, 4) is 0 Å². The van der Waals surface area contributed by atoms with Gasteiger partial charge in [-0.25, -0.2) is 0 Å². The maximum absolute atomic E-state index is 9.99. The summed E-state index contributed by atoms with van der Waals surface area (Å²) in [6, 6.07) is 0. The molecule has 0 rings (SSSR count). The molecule has 96 valence electrons. The molecule has 0 aromatic rings. The minimum Gasteiger partial charge on any atom is -0.547 e. The van der Waals surface area contributed by atoms with Gasteiger partial charge in [0.25, 0.3) is 0 Å². The molecule has 1 N–H and O–H groups in total. The summed E-state index contributed by atoms with van der Waals surface area (Å²) in [6.45, 7) is 14.5. The maximum atomic E-state index is 9.99. The summed E-state index contributed by atoms with van der Waals surface area (Å²) in [5.74, 6) is 0.798. The zero-order valence-corrected chi connectivity index (χ0v) is 12.5. The Morgan fingerprint density at radius 2 is 1.88 bits per heavy atom. The van der Waals surface area contributed by atoms with Crippen LogP contribution in [0, 0.1) is 5.92 Å². The third-order valence-corrected chi connectivity index (χ3v) is 3.50. The second-order valence-corrected chi connectivity index (χ2v) is 9.96. The van der Waals surface area contributed by atoms with Crippen LogP contribution in [0.4, 0.5) is 0 Å². The standard InChI is InChI=1S/C13H28O2Si/c1-7-8-9-10-13(14)11(2)12(3)15-16(4,5)6/h11,13-14H,3,7-10H2,1-2,4-6H3. The third-order valence-electron chi connectivity index (χ3n) is 2.63. The molecule has 16 heavy (non-hydrogen) atoms. The highest BCUT2D eigenvalue weighted by Crippen LogP contribution is 2.22. The van der Waals surface area contributed by atoms with Crippen LogP contribution in [0.5, 0.6) is 0 Å². The van der Waals surface area contributed by atoms with Crippen LogP contribution < -0.4 is 0 Å². The average molecular weight is 244 g/mol. The van der Waals surface area contributed by atoms with E-state index >= 15 is 0 Å². The molecule has 0 saturated heterocycles. The summed E-state index contributed by atoms with van der Waals surface area (Å²) in [7, 11) is -1.58. The van der Waals surface area contributed by atoms with Gasteiger partial charge in [0.05, 0.1) is 11.9 Å². The highest BCUT2D eigenvalue weighted by atomic mass is 28.4. The lowest BCUT2D eigenvalue weighted by Gasteiger charge is -2.27. The Morgan fingerprint density at radius 3 is 2.31 bits per heavy atom. The van der Waals surface area contributed by atoms with Crippen LogP contribution in [-0.2, 0) is 4.43 Å². The molecular formula is C13H28O2Si. The molecule has 2 nitrogen and oxygen atoms in total. The van der Waals surface area contributed by atoms with Crippen LogP contribution in [0.25, 0.3) is 0 Å². The number of unbranched alkanes of at least 4 members (excludes halogenated alkanes) is 2. The SMILES string of the molecule is C=C(O[Si](C)(C)C)C(C)C(O)CCCCC. The van der Waals surface area contributed by atoms with Crippen LogP contribution in [0.1, 0.15) is 39.5 Å². The lowest BCUT2D eigenvalue weighted by atomic mass is 9.98. The second-order valence-electron chi connectivity index (χ2n) is 5.53. The molecule has 2 unspecified atom stereocenters. The maximum Gasteiger partial charge on any atom is 0.241 e. The molecule has 0 heterocycles. The van der Waals surface area contributed by atoms with Crippen molar-refractivity contribution in [3.05, 3.63) is 12.3 Å². The van der Waals surface area contributed by atoms with Gasteiger partial charge in [-0.2, -0.15) is 0 Å². The Labute approximate surface area is 102 Å². The van der Waals surface area contributed by atoms with E-state index in [1.165, 1.54) is 12.8 Å². The molecule has 0 spiro atoms. The van der Waals surface area contributed by atoms with Crippen LogP contribution in [0.3, 0.4) is 0 Å². The zero-order valence-electron chi connectivity index (χ0n) is 11.5. The van der Waals surface area contributed by atoms with Crippen molar-refractivity contribution in [3.63, 3.8) is 0 Å². The Hall–Kier alpha value is -0.283. The predicted molar refractivity (Wildman–Crippen MR) is 72.9 cm³/mol. The lowest BCUT2D eigenvalue weighted by molar-refractivity contribution is 0.102. The van der Waals surface area contributed by atoms with Crippen molar-refractivity contribution < 1.29 is 9.53 Å². The van der Waals surface area contributed by atoms with Crippen LogP contribution in [-0.4, -0.2) is 19.5 Å². The van der Waals surface area contributed by atoms with Crippen molar-refractivity contribution >= 4 is 8.32 Å². The molecule has 0 bridgehead atoms. The van der Waals surface area contributed by atoms with Crippen molar-refractivity contribution in [1.82, 2.24) is 0 Å². The topological polar surface area (TPSA) is 29.5 Å². The van der Waals surface area contributed by atoms with E-state index in [1.54, 1.807) is 0 Å². The summed E-state index contributed by atoms with van der Waals surface area (Å²) < 4.78 is 5.81. The van der Waals surface area contributed by atoms with Crippen molar-refractivity contribution in [2.45, 2.75) is 65.3 Å². The molecule has 0 aliphatic heterocycles. The van der Waals surface area contributed by atoms with Gasteiger partial charge in [0.15, 0.2) is 0 Å². The van der Waals surface area contributed by atoms with Gasteiger partial charge >= 0.3 is 0 Å². The molecule has 2 atom stereocenters. The van der Waals surface area contributed by atoms with E-state index in [2.05, 4.69) is 33.1 Å². The van der Waals surface area contributed by atoms with Gasteiger partial charge < -0.3 is 9.53 Å². The molecule has 3 heteroatoms. The quantitative estimate of drug-likeness (QED) is 0.398. The molecule has 0 aliphatic rings. The third kappa shape index (κ3) is 7.07. The first-order chi connectivity index (χ1) is 7.28. The number of hydrogen-bond acceptors (Lipinski definition) is 2. The summed E-state index contributed by atoms with van der Waals surface area (Å²) in [6.07, 6.45) is 4.00. The van der Waals surface area contributed by atoms with Crippen LogP contribution in [0.15, 0.2) is 12.3 Å². The molecule has 0 saturated carbocycles. The van der Waals surface area contributed by atoms with Gasteiger partial charge in [-0.1, -0.05) is 39.7 Å². The van der Waals surface area contributed by atoms with Crippen molar-refractivity contribution in [2.24, 2.45) is 5.92 Å². The number of hydrogen-bond donors (Lipinski definition) is 1.